The van der Waals surface area contributed by atoms with Crippen LogP contribution in [-0.2, 0) is 11.2 Å². The number of hydrogen-bond acceptors (Lipinski definition) is 2. The lowest BCUT2D eigenvalue weighted by Gasteiger charge is -2.19. The summed E-state index contributed by atoms with van der Waals surface area (Å²) < 4.78 is 13.2. The molecule has 1 aromatic carbocycles. The largest absolute Gasteiger partial charge is 0.342 e. The van der Waals surface area contributed by atoms with Crippen LogP contribution in [0.4, 0.5) is 9.18 Å². The summed E-state index contributed by atoms with van der Waals surface area (Å²) in [4.78, 5) is 25.4. The first-order valence-corrected chi connectivity index (χ1v) is 7.65. The standard InChI is InChI=1S/C16H22FN3O2/c1-3-20(4-2)15(21)10-18-16(22)19-14-8-5-11-9-12(17)6-7-13(11)14/h6-7,9,14H,3-5,8,10H2,1-2H3,(H2,18,19,22)/t14-/m1/s1. The summed E-state index contributed by atoms with van der Waals surface area (Å²) in [6, 6.07) is 4.13. The first-order valence-electron chi connectivity index (χ1n) is 7.65. The molecule has 0 fully saturated rings. The number of hydrogen-bond donors (Lipinski definition) is 2. The first-order chi connectivity index (χ1) is 10.5. The van der Waals surface area contributed by atoms with Crippen molar-refractivity contribution in [2.24, 2.45) is 0 Å². The van der Waals surface area contributed by atoms with E-state index in [1.807, 2.05) is 13.8 Å². The fourth-order valence-electron chi connectivity index (χ4n) is 2.79. The van der Waals surface area contributed by atoms with E-state index in [0.717, 1.165) is 24.0 Å². The number of nitrogens with one attached hydrogen (secondary N) is 2. The molecular weight excluding hydrogens is 285 g/mol. The maximum Gasteiger partial charge on any atom is 0.315 e. The Labute approximate surface area is 129 Å². The minimum absolute atomic E-state index is 0.0174. The van der Waals surface area contributed by atoms with Gasteiger partial charge in [0.25, 0.3) is 0 Å². The second-order valence-electron chi connectivity index (χ2n) is 5.33. The predicted molar refractivity (Wildman–Crippen MR) is 81.9 cm³/mol. The molecule has 6 heteroatoms. The van der Waals surface area contributed by atoms with Gasteiger partial charge in [0.15, 0.2) is 0 Å². The number of carbonyl (C=O) groups excluding carboxylic acids is 2. The summed E-state index contributed by atoms with van der Waals surface area (Å²) in [5, 5.41) is 5.43. The predicted octanol–water partition coefficient (Wildman–Crippen LogP) is 1.98. The highest BCUT2D eigenvalue weighted by atomic mass is 19.1. The number of aryl methyl sites for hydroxylation is 1. The van der Waals surface area contributed by atoms with Gasteiger partial charge in [-0.3, -0.25) is 4.79 Å². The molecule has 0 radical (unpaired) electrons. The van der Waals surface area contributed by atoms with Crippen molar-refractivity contribution in [3.8, 4) is 0 Å². The number of rotatable bonds is 5. The van der Waals surface area contributed by atoms with Gasteiger partial charge < -0.3 is 15.5 Å². The highest BCUT2D eigenvalue weighted by molar-refractivity contribution is 5.84. The van der Waals surface area contributed by atoms with Gasteiger partial charge in [0, 0.05) is 13.1 Å². The van der Waals surface area contributed by atoms with Crippen molar-refractivity contribution in [1.29, 1.82) is 0 Å². The summed E-state index contributed by atoms with van der Waals surface area (Å²) in [6.07, 6.45) is 1.49. The van der Waals surface area contributed by atoms with Crippen LogP contribution in [0.15, 0.2) is 18.2 Å². The van der Waals surface area contributed by atoms with Crippen molar-refractivity contribution in [2.75, 3.05) is 19.6 Å². The molecule has 1 aliphatic rings. The molecule has 5 nitrogen and oxygen atoms in total. The van der Waals surface area contributed by atoms with Gasteiger partial charge in [-0.2, -0.15) is 0 Å². The van der Waals surface area contributed by atoms with E-state index >= 15 is 0 Å². The van der Waals surface area contributed by atoms with E-state index in [1.54, 1.807) is 11.0 Å². The van der Waals surface area contributed by atoms with Gasteiger partial charge >= 0.3 is 6.03 Å². The average molecular weight is 307 g/mol. The SMILES string of the molecule is CCN(CC)C(=O)CNC(=O)N[C@@H]1CCc2cc(F)ccc21. The second kappa shape index (κ2) is 7.24. The summed E-state index contributed by atoms with van der Waals surface area (Å²) in [6.45, 7) is 5.03. The Hall–Kier alpha value is -2.11. The van der Waals surface area contributed by atoms with Crippen LogP contribution in [0.5, 0.6) is 0 Å². The molecule has 1 aromatic rings. The summed E-state index contributed by atoms with van der Waals surface area (Å²) in [7, 11) is 0. The molecule has 0 aromatic heterocycles. The Morgan fingerprint density at radius 3 is 2.73 bits per heavy atom. The molecule has 0 saturated carbocycles. The Kier molecular flexibility index (Phi) is 5.35. The van der Waals surface area contributed by atoms with Crippen molar-refractivity contribution in [2.45, 2.75) is 32.7 Å². The van der Waals surface area contributed by atoms with Crippen LogP contribution in [-0.4, -0.2) is 36.5 Å². The van der Waals surface area contributed by atoms with E-state index in [-0.39, 0.29) is 30.3 Å². The molecule has 1 aliphatic carbocycles. The molecule has 0 unspecified atom stereocenters. The summed E-state index contributed by atoms with van der Waals surface area (Å²) in [5.74, 6) is -0.359. The van der Waals surface area contributed by atoms with Crippen molar-refractivity contribution in [1.82, 2.24) is 15.5 Å². The van der Waals surface area contributed by atoms with Crippen LogP contribution in [0.25, 0.3) is 0 Å². The molecule has 0 bridgehead atoms. The van der Waals surface area contributed by atoms with E-state index in [4.69, 9.17) is 0 Å². The number of urea groups is 1. The quantitative estimate of drug-likeness (QED) is 0.874. The number of fused-ring (bicyclic) bond motifs is 1. The lowest BCUT2D eigenvalue weighted by Crippen LogP contribution is -2.44. The first kappa shape index (κ1) is 16.3. The van der Waals surface area contributed by atoms with Crippen LogP contribution in [0.3, 0.4) is 0 Å². The Morgan fingerprint density at radius 2 is 2.05 bits per heavy atom. The molecule has 0 spiro atoms. The Morgan fingerprint density at radius 1 is 1.32 bits per heavy atom. The van der Waals surface area contributed by atoms with Gasteiger partial charge in [-0.25, -0.2) is 9.18 Å². The molecule has 2 rings (SSSR count). The molecule has 2 N–H and O–H groups in total. The van der Waals surface area contributed by atoms with Gasteiger partial charge in [-0.1, -0.05) is 6.07 Å². The third kappa shape index (κ3) is 3.75. The highest BCUT2D eigenvalue weighted by Gasteiger charge is 2.24. The molecule has 1 atom stereocenters. The molecule has 22 heavy (non-hydrogen) atoms. The molecule has 0 aliphatic heterocycles. The number of amides is 3. The molecule has 3 amide bonds. The monoisotopic (exact) mass is 307 g/mol. The average Bonchev–Trinajstić information content (AvgIpc) is 2.88. The fourth-order valence-corrected chi connectivity index (χ4v) is 2.79. The zero-order valence-corrected chi connectivity index (χ0v) is 13.0. The van der Waals surface area contributed by atoms with E-state index < -0.39 is 0 Å². The Bertz CT molecular complexity index is 558. The van der Waals surface area contributed by atoms with Crippen LogP contribution in [0.2, 0.25) is 0 Å². The zero-order chi connectivity index (χ0) is 16.1. The van der Waals surface area contributed by atoms with Crippen molar-refractivity contribution >= 4 is 11.9 Å². The minimum Gasteiger partial charge on any atom is -0.342 e. The smallest absolute Gasteiger partial charge is 0.315 e. The lowest BCUT2D eigenvalue weighted by molar-refractivity contribution is -0.129. The topological polar surface area (TPSA) is 61.4 Å². The minimum atomic E-state index is -0.373. The van der Waals surface area contributed by atoms with Gasteiger partial charge in [-0.05, 0) is 49.9 Å². The summed E-state index contributed by atoms with van der Waals surface area (Å²) in [5.41, 5.74) is 1.89. The lowest BCUT2D eigenvalue weighted by atomic mass is 10.1. The van der Waals surface area contributed by atoms with Crippen molar-refractivity contribution < 1.29 is 14.0 Å². The van der Waals surface area contributed by atoms with Crippen LogP contribution >= 0.6 is 0 Å². The number of benzene rings is 1. The normalized spacial score (nSPS) is 16.0. The molecule has 0 heterocycles. The zero-order valence-electron chi connectivity index (χ0n) is 13.0. The van der Waals surface area contributed by atoms with Gasteiger partial charge in [0.05, 0.1) is 12.6 Å². The van der Waals surface area contributed by atoms with E-state index in [1.165, 1.54) is 12.1 Å². The molecular formula is C16H22FN3O2. The van der Waals surface area contributed by atoms with Crippen LogP contribution in [0, 0.1) is 5.82 Å². The van der Waals surface area contributed by atoms with E-state index in [0.29, 0.717) is 13.1 Å². The number of halogens is 1. The van der Waals surface area contributed by atoms with Gasteiger partial charge in [0.1, 0.15) is 5.82 Å². The van der Waals surface area contributed by atoms with Crippen LogP contribution in [0.1, 0.15) is 37.4 Å². The van der Waals surface area contributed by atoms with Gasteiger partial charge in [0.2, 0.25) is 5.91 Å². The summed E-state index contributed by atoms with van der Waals surface area (Å²) >= 11 is 0. The Balaban J connectivity index is 1.85. The van der Waals surface area contributed by atoms with Gasteiger partial charge in [-0.15, -0.1) is 0 Å². The number of nitrogens with zero attached hydrogens (tertiary/aromatic N) is 1. The van der Waals surface area contributed by atoms with E-state index in [2.05, 4.69) is 10.6 Å². The van der Waals surface area contributed by atoms with Crippen LogP contribution < -0.4 is 10.6 Å². The number of likely N-dealkylation sites (N-methyl/N-ethyl adjacent to an activating group) is 1. The van der Waals surface area contributed by atoms with E-state index in [9.17, 15) is 14.0 Å². The maximum atomic E-state index is 13.2. The third-order valence-corrected chi connectivity index (χ3v) is 4.00. The molecule has 120 valence electrons. The molecule has 0 saturated heterocycles. The highest BCUT2D eigenvalue weighted by Crippen LogP contribution is 2.31. The maximum absolute atomic E-state index is 13.2. The van der Waals surface area contributed by atoms with Crippen molar-refractivity contribution in [3.63, 3.8) is 0 Å². The second-order valence-corrected chi connectivity index (χ2v) is 5.33. The fraction of sp³-hybridized carbons (Fsp3) is 0.500. The number of carbonyl (C=O) groups is 2. The third-order valence-electron chi connectivity index (χ3n) is 4.00. The van der Waals surface area contributed by atoms with Crippen molar-refractivity contribution in [3.05, 3.63) is 35.1 Å².